The number of hydrazone groups is 1. The van der Waals surface area contributed by atoms with Gasteiger partial charge in [-0.1, -0.05) is 41.9 Å². The molecule has 2 aromatic heterocycles. The van der Waals surface area contributed by atoms with Crippen molar-refractivity contribution < 1.29 is 5.11 Å². The van der Waals surface area contributed by atoms with Gasteiger partial charge in [0.2, 0.25) is 0 Å². The van der Waals surface area contributed by atoms with E-state index < -0.39 is 0 Å². The smallest absolute Gasteiger partial charge is 0.124 e. The van der Waals surface area contributed by atoms with Gasteiger partial charge < -0.3 is 20.8 Å². The van der Waals surface area contributed by atoms with E-state index in [1.165, 1.54) is 0 Å². The number of amidine groups is 1. The third-order valence-corrected chi connectivity index (χ3v) is 7.86. The van der Waals surface area contributed by atoms with Gasteiger partial charge >= 0.3 is 0 Å². The number of aliphatic hydroxyl groups excluding tert-OH is 1. The first-order valence-corrected chi connectivity index (χ1v) is 13.4. The second-order valence-corrected chi connectivity index (χ2v) is 10.5. The van der Waals surface area contributed by atoms with Crippen molar-refractivity contribution in [1.29, 1.82) is 0 Å². The predicted octanol–water partition coefficient (Wildman–Crippen LogP) is 6.59. The summed E-state index contributed by atoms with van der Waals surface area (Å²) < 4.78 is 1.09. The molecule has 0 radical (unpaired) electrons. The Labute approximate surface area is 229 Å². The number of rotatable bonds is 6. The van der Waals surface area contributed by atoms with Crippen molar-refractivity contribution in [3.05, 3.63) is 100 Å². The highest BCUT2D eigenvalue weighted by molar-refractivity contribution is 7.22. The number of nitrogens with one attached hydrogen (secondary N) is 1. The maximum atomic E-state index is 9.80. The van der Waals surface area contributed by atoms with Crippen LogP contribution in [-0.4, -0.2) is 39.7 Å². The van der Waals surface area contributed by atoms with Crippen molar-refractivity contribution >= 4 is 39.0 Å². The average molecular weight is 540 g/mol. The van der Waals surface area contributed by atoms with Gasteiger partial charge in [0, 0.05) is 41.6 Å². The summed E-state index contributed by atoms with van der Waals surface area (Å²) in [5.74, 6) is 0.625. The number of aryl methyl sites for hydroxylation is 1. The van der Waals surface area contributed by atoms with Crippen LogP contribution in [0.1, 0.15) is 16.7 Å². The van der Waals surface area contributed by atoms with Crippen LogP contribution in [0.25, 0.3) is 48.6 Å². The van der Waals surface area contributed by atoms with Crippen LogP contribution < -0.4 is 5.53 Å². The summed E-state index contributed by atoms with van der Waals surface area (Å²) in [5, 5.41) is 17.3. The summed E-state index contributed by atoms with van der Waals surface area (Å²) in [6.07, 6.45) is 2.39. The number of aromatic nitrogens is 2. The summed E-state index contributed by atoms with van der Waals surface area (Å²) in [7, 11) is 1.80. The quantitative estimate of drug-likeness (QED) is 0.254. The number of nitrogens with zero attached hydrogens (tertiary/aromatic N) is 5. The second kappa shape index (κ2) is 10.2. The van der Waals surface area contributed by atoms with E-state index in [1.807, 2.05) is 60.8 Å². The maximum Gasteiger partial charge on any atom is 0.124 e. The molecule has 7 nitrogen and oxygen atoms in total. The Kier molecular flexibility index (Phi) is 6.55. The minimum atomic E-state index is 0.0808. The highest BCUT2D eigenvalue weighted by atomic mass is 35.5. The number of benzene rings is 3. The van der Waals surface area contributed by atoms with Gasteiger partial charge in [0.1, 0.15) is 5.01 Å². The van der Waals surface area contributed by atoms with Crippen LogP contribution in [0.15, 0.2) is 78.0 Å². The highest BCUT2D eigenvalue weighted by Crippen LogP contribution is 2.41. The van der Waals surface area contributed by atoms with E-state index in [0.29, 0.717) is 17.3 Å². The maximum absolute atomic E-state index is 9.80. The number of pyridine rings is 1. The lowest BCUT2D eigenvalue weighted by atomic mass is 9.93. The largest absolute Gasteiger partial charge is 0.396 e. The predicted molar refractivity (Wildman–Crippen MR) is 155 cm³/mol. The lowest BCUT2D eigenvalue weighted by Crippen LogP contribution is -2.19. The lowest BCUT2D eigenvalue weighted by molar-refractivity contribution is 0.299. The van der Waals surface area contributed by atoms with Crippen LogP contribution in [0.5, 0.6) is 0 Å². The molecule has 0 aliphatic carbocycles. The van der Waals surface area contributed by atoms with Crippen molar-refractivity contribution in [2.45, 2.75) is 13.3 Å². The molecule has 0 atom stereocenters. The number of fused-ring (bicyclic) bond motifs is 1. The molecule has 9 heteroatoms. The Morgan fingerprint density at radius 3 is 2.58 bits per heavy atom. The van der Waals surface area contributed by atoms with Crippen LogP contribution in [-0.2, 0) is 6.42 Å². The van der Waals surface area contributed by atoms with Gasteiger partial charge in [0.05, 0.1) is 15.9 Å². The SMILES string of the molecule is Cc1cc2nc(-c3ccnc(-c4cccc(C5=NN(C)N[N-]5)c4)c3)sc2c(-c2ccc(Cl)cc2)c1CCO. The monoisotopic (exact) mass is 539 g/mol. The first-order valence-electron chi connectivity index (χ1n) is 12.2. The zero-order chi connectivity index (χ0) is 26.2. The molecule has 0 fully saturated rings. The molecule has 0 amide bonds. The highest BCUT2D eigenvalue weighted by Gasteiger charge is 2.18. The van der Waals surface area contributed by atoms with Crippen molar-refractivity contribution in [1.82, 2.24) is 20.6 Å². The first-order chi connectivity index (χ1) is 18.5. The van der Waals surface area contributed by atoms with Crippen molar-refractivity contribution in [2.24, 2.45) is 5.10 Å². The summed E-state index contributed by atoms with van der Waals surface area (Å²) in [6, 6.07) is 22.1. The Morgan fingerprint density at radius 1 is 1.00 bits per heavy atom. The molecule has 0 saturated carbocycles. The Hall–Kier alpha value is -3.82. The number of thiazole rings is 1. The summed E-state index contributed by atoms with van der Waals surface area (Å²) in [6.45, 7) is 2.16. The van der Waals surface area contributed by atoms with Gasteiger partial charge in [-0.15, -0.1) is 11.3 Å². The molecule has 3 heterocycles. The molecule has 38 heavy (non-hydrogen) atoms. The van der Waals surface area contributed by atoms with Gasteiger partial charge in [-0.2, -0.15) is 0 Å². The van der Waals surface area contributed by atoms with E-state index in [9.17, 15) is 5.11 Å². The number of aliphatic hydroxyl groups is 1. The molecule has 3 aromatic carbocycles. The number of hydrogen-bond donors (Lipinski definition) is 2. The molecule has 5 aromatic rings. The molecule has 0 saturated heterocycles. The topological polar surface area (TPSA) is 87.7 Å². The summed E-state index contributed by atoms with van der Waals surface area (Å²) in [4.78, 5) is 9.66. The number of hydrogen-bond acceptors (Lipinski definition) is 7. The van der Waals surface area contributed by atoms with Crippen molar-refractivity contribution in [3.8, 4) is 33.0 Å². The molecule has 0 bridgehead atoms. The molecule has 2 N–H and O–H groups in total. The minimum absolute atomic E-state index is 0.0808. The van der Waals surface area contributed by atoms with Gasteiger partial charge in [-0.25, -0.2) is 10.5 Å². The van der Waals surface area contributed by atoms with Crippen LogP contribution in [0, 0.1) is 6.92 Å². The van der Waals surface area contributed by atoms with Gasteiger partial charge in [-0.05, 0) is 77.8 Å². The average Bonchev–Trinajstić information content (AvgIpc) is 3.56. The van der Waals surface area contributed by atoms with Crippen LogP contribution in [0.2, 0.25) is 5.02 Å². The normalized spacial score (nSPS) is 13.2. The van der Waals surface area contributed by atoms with Gasteiger partial charge in [0.15, 0.2) is 0 Å². The first kappa shape index (κ1) is 24.5. The number of halogens is 1. The van der Waals surface area contributed by atoms with Gasteiger partial charge in [-0.3, -0.25) is 4.98 Å². The summed E-state index contributed by atoms with van der Waals surface area (Å²) in [5.41, 5.74) is 16.1. The van der Waals surface area contributed by atoms with E-state index in [2.05, 4.69) is 40.1 Å². The molecule has 190 valence electrons. The summed E-state index contributed by atoms with van der Waals surface area (Å²) >= 11 is 7.83. The zero-order valence-corrected chi connectivity index (χ0v) is 22.4. The van der Waals surface area contributed by atoms with E-state index in [0.717, 1.165) is 59.9 Å². The Bertz CT molecular complexity index is 1680. The fraction of sp³-hybridized carbons (Fsp3) is 0.138. The third kappa shape index (κ3) is 4.63. The van der Waals surface area contributed by atoms with E-state index >= 15 is 0 Å². The van der Waals surface area contributed by atoms with E-state index in [4.69, 9.17) is 16.6 Å². The molecule has 0 unspecified atom stereocenters. The number of hydrazine groups is 1. The van der Waals surface area contributed by atoms with Crippen LogP contribution in [0.3, 0.4) is 0 Å². The molecule has 0 spiro atoms. The molecule has 6 rings (SSSR count). The minimum Gasteiger partial charge on any atom is -0.396 e. The Balaban J connectivity index is 1.44. The molecule has 1 aliphatic heterocycles. The second-order valence-electron chi connectivity index (χ2n) is 9.06. The fourth-order valence-corrected chi connectivity index (χ4v) is 5.94. The fourth-order valence-electron chi connectivity index (χ4n) is 4.68. The van der Waals surface area contributed by atoms with E-state index in [1.54, 1.807) is 23.5 Å². The standard InChI is InChI=1S/C29H24ClN6OS/c1-17-14-25-27(26(23(17)11-13-37)18-6-8-22(30)9-7-18)38-29(32-25)21-10-12-31-24(16-21)19-4-3-5-20(15-19)28-33-35-36(2)34-28/h3-10,12,14-16,35,37H,11,13H2,1-2H3/q-1. The Morgan fingerprint density at radius 2 is 1.82 bits per heavy atom. The van der Waals surface area contributed by atoms with Crippen molar-refractivity contribution in [2.75, 3.05) is 13.7 Å². The molecule has 1 aliphatic rings. The zero-order valence-electron chi connectivity index (χ0n) is 20.8. The van der Waals surface area contributed by atoms with E-state index in [-0.39, 0.29) is 6.61 Å². The van der Waals surface area contributed by atoms with Crippen molar-refractivity contribution in [3.63, 3.8) is 0 Å². The lowest BCUT2D eigenvalue weighted by Gasteiger charge is -2.13. The van der Waals surface area contributed by atoms with Crippen LogP contribution >= 0.6 is 22.9 Å². The molecular formula is C29H24ClN6OS-. The molecular weight excluding hydrogens is 516 g/mol. The van der Waals surface area contributed by atoms with Gasteiger partial charge in [0.25, 0.3) is 0 Å². The third-order valence-electron chi connectivity index (χ3n) is 6.47. The van der Waals surface area contributed by atoms with Crippen LogP contribution in [0.4, 0.5) is 0 Å².